The third-order valence-corrected chi connectivity index (χ3v) is 3.57. The first-order chi connectivity index (χ1) is 12.2. The van der Waals surface area contributed by atoms with Crippen LogP contribution in [0.1, 0.15) is 10.5 Å². The van der Waals surface area contributed by atoms with Gasteiger partial charge in [0.05, 0.1) is 12.8 Å². The lowest BCUT2D eigenvalue weighted by Gasteiger charge is -2.01. The van der Waals surface area contributed by atoms with Crippen molar-refractivity contribution < 1.29 is 18.5 Å². The van der Waals surface area contributed by atoms with Crippen molar-refractivity contribution in [1.82, 2.24) is 10.5 Å². The molecule has 25 heavy (non-hydrogen) atoms. The van der Waals surface area contributed by atoms with Crippen molar-refractivity contribution in [3.8, 4) is 29.1 Å². The summed E-state index contributed by atoms with van der Waals surface area (Å²) in [7, 11) is 0. The summed E-state index contributed by atoms with van der Waals surface area (Å²) >= 11 is 3.37. The van der Waals surface area contributed by atoms with E-state index >= 15 is 0 Å². The van der Waals surface area contributed by atoms with Crippen molar-refractivity contribution in [2.24, 2.45) is 0 Å². The van der Waals surface area contributed by atoms with Crippen molar-refractivity contribution in [1.29, 1.82) is 0 Å². The minimum absolute atomic E-state index is 0.165. The summed E-state index contributed by atoms with van der Waals surface area (Å²) in [4.78, 5) is 12.0. The van der Waals surface area contributed by atoms with Gasteiger partial charge in [-0.3, -0.25) is 4.79 Å². The molecule has 1 N–H and O–H groups in total. The first kappa shape index (κ1) is 16.9. The van der Waals surface area contributed by atoms with Crippen molar-refractivity contribution >= 4 is 21.8 Å². The molecule has 2 heterocycles. The van der Waals surface area contributed by atoms with Crippen LogP contribution in [0.5, 0.6) is 5.75 Å². The highest BCUT2D eigenvalue weighted by molar-refractivity contribution is 9.10. The van der Waals surface area contributed by atoms with Crippen LogP contribution in [0.3, 0.4) is 0 Å². The molecule has 0 saturated carbocycles. The molecule has 0 radical (unpaired) electrons. The molecular weight excluding hydrogens is 388 g/mol. The molecule has 0 atom stereocenters. The molecule has 1 aromatic carbocycles. The highest BCUT2D eigenvalue weighted by Crippen LogP contribution is 2.20. The summed E-state index contributed by atoms with van der Waals surface area (Å²) < 4.78 is 16.7. The zero-order valence-corrected chi connectivity index (χ0v) is 14.6. The van der Waals surface area contributed by atoms with Gasteiger partial charge in [-0.15, -0.1) is 0 Å². The lowest BCUT2D eigenvalue weighted by molar-refractivity contribution is 0.0949. The Morgan fingerprint density at radius 3 is 2.92 bits per heavy atom. The molecule has 0 saturated heterocycles. The van der Waals surface area contributed by atoms with Gasteiger partial charge in [0.1, 0.15) is 12.4 Å². The zero-order valence-electron chi connectivity index (χ0n) is 13.0. The van der Waals surface area contributed by atoms with Crippen molar-refractivity contribution in [2.75, 3.05) is 13.2 Å². The molecule has 0 bridgehead atoms. The predicted octanol–water partition coefficient (Wildman–Crippen LogP) is 3.51. The van der Waals surface area contributed by atoms with Gasteiger partial charge in [0.15, 0.2) is 11.5 Å². The largest absolute Gasteiger partial charge is 0.481 e. The number of ether oxygens (including phenoxy) is 1. The Hall–Kier alpha value is -2.98. The highest BCUT2D eigenvalue weighted by Gasteiger charge is 2.14. The van der Waals surface area contributed by atoms with Gasteiger partial charge in [-0.1, -0.05) is 39.0 Å². The average molecular weight is 401 g/mol. The van der Waals surface area contributed by atoms with Gasteiger partial charge in [0, 0.05) is 10.5 Å². The number of carbonyl (C=O) groups excluding carboxylic acids is 1. The number of benzene rings is 1. The molecule has 1 amide bonds. The van der Waals surface area contributed by atoms with Crippen molar-refractivity contribution in [2.45, 2.75) is 0 Å². The summed E-state index contributed by atoms with van der Waals surface area (Å²) in [6.07, 6.45) is 1.52. The van der Waals surface area contributed by atoms with E-state index in [1.807, 2.05) is 24.3 Å². The van der Waals surface area contributed by atoms with E-state index in [2.05, 4.69) is 38.2 Å². The Morgan fingerprint density at radius 2 is 2.12 bits per heavy atom. The van der Waals surface area contributed by atoms with Gasteiger partial charge in [-0.25, -0.2) is 0 Å². The van der Waals surface area contributed by atoms with Crippen LogP contribution >= 0.6 is 15.9 Å². The third-order valence-electron chi connectivity index (χ3n) is 3.08. The van der Waals surface area contributed by atoms with E-state index in [1.54, 1.807) is 12.1 Å². The van der Waals surface area contributed by atoms with E-state index < -0.39 is 0 Å². The minimum Gasteiger partial charge on any atom is -0.481 e. The van der Waals surface area contributed by atoms with Gasteiger partial charge >= 0.3 is 0 Å². The van der Waals surface area contributed by atoms with E-state index in [-0.39, 0.29) is 24.8 Å². The number of halogens is 1. The van der Waals surface area contributed by atoms with E-state index in [1.165, 1.54) is 12.3 Å². The Morgan fingerprint density at radius 1 is 1.20 bits per heavy atom. The maximum atomic E-state index is 12.0. The van der Waals surface area contributed by atoms with Crippen LogP contribution < -0.4 is 10.1 Å². The van der Waals surface area contributed by atoms with Crippen LogP contribution in [0.25, 0.3) is 11.5 Å². The molecule has 7 heteroatoms. The second-order valence-electron chi connectivity index (χ2n) is 4.84. The molecule has 0 unspecified atom stereocenters. The quantitative estimate of drug-likeness (QED) is 0.663. The maximum absolute atomic E-state index is 12.0. The summed E-state index contributed by atoms with van der Waals surface area (Å²) in [6.45, 7) is 0.419. The minimum atomic E-state index is -0.372. The number of amides is 1. The van der Waals surface area contributed by atoms with Gasteiger partial charge in [0.25, 0.3) is 5.91 Å². The summed E-state index contributed by atoms with van der Waals surface area (Å²) in [5.41, 5.74) is 0.165. The van der Waals surface area contributed by atoms with Crippen LogP contribution in [-0.4, -0.2) is 24.2 Å². The Bertz CT molecular complexity index is 907. The normalized spacial score (nSPS) is 9.96. The van der Waals surface area contributed by atoms with E-state index in [0.717, 1.165) is 10.2 Å². The number of rotatable bonds is 5. The molecule has 3 aromatic rings. The van der Waals surface area contributed by atoms with E-state index in [4.69, 9.17) is 13.7 Å². The maximum Gasteiger partial charge on any atom is 0.274 e. The number of nitrogens with one attached hydrogen (secondary N) is 1. The average Bonchev–Trinajstić information content (AvgIpc) is 3.28. The molecule has 0 aliphatic heterocycles. The third kappa shape index (κ3) is 4.75. The molecule has 0 aliphatic carbocycles. The van der Waals surface area contributed by atoms with E-state index in [9.17, 15) is 4.79 Å². The summed E-state index contributed by atoms with van der Waals surface area (Å²) in [6, 6.07) is 12.4. The van der Waals surface area contributed by atoms with E-state index in [0.29, 0.717) is 11.5 Å². The van der Waals surface area contributed by atoms with Gasteiger partial charge in [0.2, 0.25) is 5.76 Å². The predicted molar refractivity (Wildman–Crippen MR) is 94.0 cm³/mol. The first-order valence-electron chi connectivity index (χ1n) is 7.35. The van der Waals surface area contributed by atoms with Crippen LogP contribution in [0.4, 0.5) is 0 Å². The molecular formula is C18H13BrN2O4. The molecule has 0 spiro atoms. The Labute approximate surface area is 152 Å². The smallest absolute Gasteiger partial charge is 0.274 e. The SMILES string of the molecule is O=C(NCC#CCOc1cccc(Br)c1)c1cc(-c2ccco2)on1. The first-order valence-corrected chi connectivity index (χ1v) is 8.14. The number of hydrogen-bond donors (Lipinski definition) is 1. The Balaban J connectivity index is 1.44. The lowest BCUT2D eigenvalue weighted by Crippen LogP contribution is -2.23. The molecule has 126 valence electrons. The fourth-order valence-electron chi connectivity index (χ4n) is 1.92. The highest BCUT2D eigenvalue weighted by atomic mass is 79.9. The second-order valence-corrected chi connectivity index (χ2v) is 5.75. The molecule has 3 rings (SSSR count). The Kier molecular flexibility index (Phi) is 5.54. The van der Waals surface area contributed by atoms with Crippen molar-refractivity contribution in [3.05, 3.63) is 58.9 Å². The fraction of sp³-hybridized carbons (Fsp3) is 0.111. The monoisotopic (exact) mass is 400 g/mol. The molecule has 0 fully saturated rings. The number of aromatic nitrogens is 1. The number of furan rings is 1. The molecule has 2 aromatic heterocycles. The van der Waals surface area contributed by atoms with Crippen LogP contribution in [0, 0.1) is 11.8 Å². The number of nitrogens with zero attached hydrogens (tertiary/aromatic N) is 1. The second kappa shape index (κ2) is 8.22. The standard InChI is InChI=1S/C18H13BrN2O4/c19-13-5-3-6-14(11-13)23-9-2-1-8-20-18(22)15-12-17(25-21-15)16-7-4-10-24-16/h3-7,10-12H,8-9H2,(H,20,22). The van der Waals surface area contributed by atoms with Crippen LogP contribution in [0.2, 0.25) is 0 Å². The molecule has 6 nitrogen and oxygen atoms in total. The van der Waals surface area contributed by atoms with Gasteiger partial charge < -0.3 is 19.0 Å². The fourth-order valence-corrected chi connectivity index (χ4v) is 2.30. The van der Waals surface area contributed by atoms with Gasteiger partial charge in [-0.05, 0) is 30.3 Å². The zero-order chi connectivity index (χ0) is 17.5. The summed E-state index contributed by atoms with van der Waals surface area (Å²) in [5.74, 6) is 6.89. The van der Waals surface area contributed by atoms with Crippen LogP contribution in [0.15, 0.2) is 62.1 Å². The van der Waals surface area contributed by atoms with Crippen molar-refractivity contribution in [3.63, 3.8) is 0 Å². The van der Waals surface area contributed by atoms with Gasteiger partial charge in [-0.2, -0.15) is 0 Å². The topological polar surface area (TPSA) is 77.5 Å². The summed E-state index contributed by atoms with van der Waals surface area (Å²) in [5, 5.41) is 6.35. The number of carbonyl (C=O) groups is 1. The lowest BCUT2D eigenvalue weighted by atomic mass is 10.3. The molecule has 0 aliphatic rings. The van der Waals surface area contributed by atoms with Crippen LogP contribution in [-0.2, 0) is 0 Å². The number of hydrogen-bond acceptors (Lipinski definition) is 5.